The van der Waals surface area contributed by atoms with Crippen molar-refractivity contribution in [1.29, 1.82) is 0 Å². The van der Waals surface area contributed by atoms with Crippen LogP contribution in [-0.2, 0) is 21.2 Å². The molecule has 1 fully saturated rings. The Morgan fingerprint density at radius 2 is 1.67 bits per heavy atom. The Hall–Kier alpha value is -1.44. The number of hydrogen-bond acceptors (Lipinski definition) is 4. The maximum absolute atomic E-state index is 12.7. The summed E-state index contributed by atoms with van der Waals surface area (Å²) >= 11 is 0. The molecule has 24 heavy (non-hydrogen) atoms. The molecule has 1 saturated heterocycles. The topological polar surface area (TPSA) is 83.7 Å². The van der Waals surface area contributed by atoms with Crippen LogP contribution < -0.4 is 5.73 Å². The molecule has 1 heterocycles. The van der Waals surface area contributed by atoms with E-state index in [9.17, 15) is 13.2 Å². The summed E-state index contributed by atoms with van der Waals surface area (Å²) in [5, 5.41) is 0. The summed E-state index contributed by atoms with van der Waals surface area (Å²) in [6.45, 7) is 6.74. The summed E-state index contributed by atoms with van der Waals surface area (Å²) in [4.78, 5) is 14.1. The van der Waals surface area contributed by atoms with Gasteiger partial charge in [-0.1, -0.05) is 25.5 Å². The van der Waals surface area contributed by atoms with E-state index in [1.54, 1.807) is 30.9 Å². The molecule has 0 unspecified atom stereocenters. The molecule has 1 aromatic carbocycles. The SMILES string of the molecule is CCCc1ccc(S(=O)(=O)N2CCN(C(=O)C(C)(C)N)CC2)cc1. The zero-order valence-corrected chi connectivity index (χ0v) is 15.5. The largest absolute Gasteiger partial charge is 0.338 e. The van der Waals surface area contributed by atoms with E-state index in [-0.39, 0.29) is 5.91 Å². The van der Waals surface area contributed by atoms with Crippen molar-refractivity contribution < 1.29 is 13.2 Å². The molecule has 1 amide bonds. The normalized spacial score (nSPS) is 17.1. The number of amides is 1. The van der Waals surface area contributed by atoms with E-state index in [1.807, 2.05) is 12.1 Å². The molecule has 134 valence electrons. The van der Waals surface area contributed by atoms with E-state index in [1.165, 1.54) is 4.31 Å². The van der Waals surface area contributed by atoms with Crippen LogP contribution in [0, 0.1) is 0 Å². The summed E-state index contributed by atoms with van der Waals surface area (Å²) < 4.78 is 26.9. The predicted molar refractivity (Wildman–Crippen MR) is 94.0 cm³/mol. The third-order valence-corrected chi connectivity index (χ3v) is 6.09. The van der Waals surface area contributed by atoms with E-state index in [4.69, 9.17) is 5.73 Å². The van der Waals surface area contributed by atoms with Gasteiger partial charge < -0.3 is 10.6 Å². The molecular formula is C17H27N3O3S. The summed E-state index contributed by atoms with van der Waals surface area (Å²) in [5.41, 5.74) is 6.04. The van der Waals surface area contributed by atoms with Crippen LogP contribution in [0.15, 0.2) is 29.2 Å². The molecule has 0 spiro atoms. The van der Waals surface area contributed by atoms with Crippen LogP contribution in [0.3, 0.4) is 0 Å². The lowest BCUT2D eigenvalue weighted by atomic mass is 10.1. The summed E-state index contributed by atoms with van der Waals surface area (Å²) in [6.07, 6.45) is 1.97. The summed E-state index contributed by atoms with van der Waals surface area (Å²) in [5.74, 6) is -0.150. The highest BCUT2D eigenvalue weighted by Crippen LogP contribution is 2.19. The van der Waals surface area contributed by atoms with Gasteiger partial charge in [-0.2, -0.15) is 4.31 Å². The van der Waals surface area contributed by atoms with Crippen LogP contribution in [0.4, 0.5) is 0 Å². The first-order chi connectivity index (χ1) is 11.2. The monoisotopic (exact) mass is 353 g/mol. The van der Waals surface area contributed by atoms with Crippen LogP contribution in [0.25, 0.3) is 0 Å². The van der Waals surface area contributed by atoms with Gasteiger partial charge in [-0.25, -0.2) is 8.42 Å². The Balaban J connectivity index is 2.06. The number of nitrogens with two attached hydrogens (primary N) is 1. The molecule has 0 saturated carbocycles. The van der Waals surface area contributed by atoms with Crippen molar-refractivity contribution in [2.75, 3.05) is 26.2 Å². The number of piperazine rings is 1. The van der Waals surface area contributed by atoms with Crippen LogP contribution >= 0.6 is 0 Å². The minimum Gasteiger partial charge on any atom is -0.338 e. The molecule has 7 heteroatoms. The summed E-state index contributed by atoms with van der Waals surface area (Å²) in [6, 6.07) is 7.07. The van der Waals surface area contributed by atoms with Crippen molar-refractivity contribution >= 4 is 15.9 Å². The molecular weight excluding hydrogens is 326 g/mol. The molecule has 0 aliphatic carbocycles. The fourth-order valence-electron chi connectivity index (χ4n) is 2.80. The summed E-state index contributed by atoms with van der Waals surface area (Å²) in [7, 11) is -3.51. The van der Waals surface area contributed by atoms with E-state index in [2.05, 4.69) is 6.92 Å². The first-order valence-electron chi connectivity index (χ1n) is 8.33. The number of hydrogen-bond donors (Lipinski definition) is 1. The minimum atomic E-state index is -3.51. The number of carbonyl (C=O) groups is 1. The zero-order chi connectivity index (χ0) is 18.0. The Labute approximate surface area is 144 Å². The zero-order valence-electron chi connectivity index (χ0n) is 14.7. The number of carbonyl (C=O) groups excluding carboxylic acids is 1. The van der Waals surface area contributed by atoms with Gasteiger partial charge in [0.25, 0.3) is 0 Å². The van der Waals surface area contributed by atoms with Crippen molar-refractivity contribution in [2.24, 2.45) is 5.73 Å². The van der Waals surface area contributed by atoms with E-state index in [0.29, 0.717) is 31.1 Å². The Bertz CT molecular complexity index is 670. The third-order valence-electron chi connectivity index (χ3n) is 4.18. The highest BCUT2D eigenvalue weighted by molar-refractivity contribution is 7.89. The Morgan fingerprint density at radius 3 is 2.12 bits per heavy atom. The highest BCUT2D eigenvalue weighted by atomic mass is 32.2. The number of benzene rings is 1. The fourth-order valence-corrected chi connectivity index (χ4v) is 4.23. The Kier molecular flexibility index (Phi) is 5.67. The second-order valence-corrected chi connectivity index (χ2v) is 8.75. The van der Waals surface area contributed by atoms with Crippen LogP contribution in [0.5, 0.6) is 0 Å². The first-order valence-corrected chi connectivity index (χ1v) is 9.77. The predicted octanol–water partition coefficient (Wildman–Crippen LogP) is 1.21. The van der Waals surface area contributed by atoms with Crippen LogP contribution in [-0.4, -0.2) is 55.2 Å². The molecule has 1 aromatic rings. The molecule has 2 N–H and O–H groups in total. The fraction of sp³-hybridized carbons (Fsp3) is 0.588. The van der Waals surface area contributed by atoms with Gasteiger partial charge >= 0.3 is 0 Å². The molecule has 1 aliphatic rings. The number of nitrogens with zero attached hydrogens (tertiary/aromatic N) is 2. The van der Waals surface area contributed by atoms with Crippen LogP contribution in [0.1, 0.15) is 32.8 Å². The van der Waals surface area contributed by atoms with Gasteiger partial charge in [0.15, 0.2) is 0 Å². The molecule has 2 rings (SSSR count). The Morgan fingerprint density at radius 1 is 1.12 bits per heavy atom. The average molecular weight is 353 g/mol. The van der Waals surface area contributed by atoms with E-state index < -0.39 is 15.6 Å². The number of rotatable bonds is 5. The molecule has 0 radical (unpaired) electrons. The quantitative estimate of drug-likeness (QED) is 0.862. The van der Waals surface area contributed by atoms with Crippen molar-refractivity contribution in [2.45, 2.75) is 44.0 Å². The maximum atomic E-state index is 12.7. The van der Waals surface area contributed by atoms with Crippen molar-refractivity contribution in [3.05, 3.63) is 29.8 Å². The minimum absolute atomic E-state index is 0.150. The second kappa shape index (κ2) is 7.21. The van der Waals surface area contributed by atoms with Gasteiger partial charge in [-0.3, -0.25) is 4.79 Å². The lowest BCUT2D eigenvalue weighted by molar-refractivity contribution is -0.137. The standard InChI is InChI=1S/C17H27N3O3S/c1-4-5-14-6-8-15(9-7-14)24(22,23)20-12-10-19(11-13-20)16(21)17(2,3)18/h6-9H,4-5,10-13,18H2,1-3H3. The van der Waals surface area contributed by atoms with Gasteiger partial charge in [-0.05, 0) is 38.0 Å². The molecule has 0 atom stereocenters. The molecule has 0 bridgehead atoms. The van der Waals surface area contributed by atoms with Gasteiger partial charge in [0.1, 0.15) is 0 Å². The maximum Gasteiger partial charge on any atom is 0.243 e. The van der Waals surface area contributed by atoms with Gasteiger partial charge in [0.2, 0.25) is 15.9 Å². The second-order valence-electron chi connectivity index (χ2n) is 6.81. The first kappa shape index (κ1) is 18.9. The smallest absolute Gasteiger partial charge is 0.243 e. The lowest BCUT2D eigenvalue weighted by Gasteiger charge is -2.36. The van der Waals surface area contributed by atoms with Gasteiger partial charge in [0, 0.05) is 26.2 Å². The van der Waals surface area contributed by atoms with Gasteiger partial charge in [0.05, 0.1) is 10.4 Å². The van der Waals surface area contributed by atoms with E-state index in [0.717, 1.165) is 18.4 Å². The van der Waals surface area contributed by atoms with Crippen molar-refractivity contribution in [3.8, 4) is 0 Å². The molecule has 1 aliphatic heterocycles. The molecule has 0 aromatic heterocycles. The lowest BCUT2D eigenvalue weighted by Crippen LogP contribution is -2.57. The highest BCUT2D eigenvalue weighted by Gasteiger charge is 2.34. The van der Waals surface area contributed by atoms with Crippen molar-refractivity contribution in [3.63, 3.8) is 0 Å². The van der Waals surface area contributed by atoms with Crippen LogP contribution in [0.2, 0.25) is 0 Å². The number of aryl methyl sites for hydroxylation is 1. The average Bonchev–Trinajstić information content (AvgIpc) is 2.54. The third kappa shape index (κ3) is 4.15. The van der Waals surface area contributed by atoms with Crippen molar-refractivity contribution in [1.82, 2.24) is 9.21 Å². The molecule has 6 nitrogen and oxygen atoms in total. The van der Waals surface area contributed by atoms with E-state index >= 15 is 0 Å². The van der Waals surface area contributed by atoms with Gasteiger partial charge in [-0.15, -0.1) is 0 Å². The number of sulfonamides is 1.